The van der Waals surface area contributed by atoms with E-state index in [9.17, 15) is 5.11 Å². The lowest BCUT2D eigenvalue weighted by Gasteiger charge is -2.19. The van der Waals surface area contributed by atoms with Crippen molar-refractivity contribution in [2.75, 3.05) is 6.54 Å². The van der Waals surface area contributed by atoms with Crippen LogP contribution in [0.4, 0.5) is 0 Å². The van der Waals surface area contributed by atoms with Crippen LogP contribution in [0.15, 0.2) is 22.7 Å². The molecule has 3 heteroatoms. The molecule has 0 aliphatic carbocycles. The van der Waals surface area contributed by atoms with Crippen LogP contribution < -0.4 is 5.32 Å². The number of aryl methyl sites for hydroxylation is 1. The zero-order valence-corrected chi connectivity index (χ0v) is 13.3. The molecular weight excluding hydrogens is 290 g/mol. The lowest BCUT2D eigenvalue weighted by Crippen LogP contribution is -2.26. The topological polar surface area (TPSA) is 32.3 Å². The van der Waals surface area contributed by atoms with Crippen LogP contribution in [0.2, 0.25) is 0 Å². The maximum Gasteiger partial charge on any atom is 0.0515 e. The molecule has 1 rings (SSSR count). The standard InChI is InChI=1S/C15H24BrNO/c1-10(7-12(3)18)9-17-13(4)14-5-6-15(16)11(2)8-14/h5-6,8,10,12-13,17-18H,7,9H2,1-4H3. The number of hydrogen-bond acceptors (Lipinski definition) is 2. The van der Waals surface area contributed by atoms with Gasteiger partial charge >= 0.3 is 0 Å². The van der Waals surface area contributed by atoms with Crippen LogP contribution in [0.5, 0.6) is 0 Å². The van der Waals surface area contributed by atoms with E-state index in [4.69, 9.17) is 0 Å². The Hall–Kier alpha value is -0.380. The van der Waals surface area contributed by atoms with E-state index in [1.807, 2.05) is 6.92 Å². The molecule has 3 atom stereocenters. The predicted molar refractivity (Wildman–Crippen MR) is 80.8 cm³/mol. The highest BCUT2D eigenvalue weighted by Crippen LogP contribution is 2.21. The third kappa shape index (κ3) is 5.09. The molecule has 0 saturated carbocycles. The fourth-order valence-corrected chi connectivity index (χ4v) is 2.35. The van der Waals surface area contributed by atoms with Crippen molar-refractivity contribution in [3.05, 3.63) is 33.8 Å². The van der Waals surface area contributed by atoms with E-state index in [0.29, 0.717) is 12.0 Å². The highest BCUT2D eigenvalue weighted by Gasteiger charge is 2.10. The molecule has 0 aliphatic heterocycles. The molecule has 0 spiro atoms. The van der Waals surface area contributed by atoms with E-state index in [2.05, 4.69) is 60.2 Å². The molecule has 2 nitrogen and oxygen atoms in total. The van der Waals surface area contributed by atoms with Gasteiger partial charge in [-0.05, 0) is 56.8 Å². The molecular formula is C15H24BrNO. The lowest BCUT2D eigenvalue weighted by atomic mass is 10.0. The van der Waals surface area contributed by atoms with Crippen molar-refractivity contribution >= 4 is 15.9 Å². The van der Waals surface area contributed by atoms with Gasteiger partial charge in [0, 0.05) is 10.5 Å². The summed E-state index contributed by atoms with van der Waals surface area (Å²) in [5.74, 6) is 0.490. The highest BCUT2D eigenvalue weighted by atomic mass is 79.9. The molecule has 2 N–H and O–H groups in total. The summed E-state index contributed by atoms with van der Waals surface area (Å²) in [6.45, 7) is 9.23. The monoisotopic (exact) mass is 313 g/mol. The van der Waals surface area contributed by atoms with Crippen molar-refractivity contribution < 1.29 is 5.11 Å². The second-order valence-corrected chi connectivity index (χ2v) is 6.18. The van der Waals surface area contributed by atoms with Gasteiger partial charge in [0.2, 0.25) is 0 Å². The fourth-order valence-electron chi connectivity index (χ4n) is 2.10. The van der Waals surface area contributed by atoms with Gasteiger partial charge in [-0.3, -0.25) is 0 Å². The number of benzene rings is 1. The molecule has 0 heterocycles. The van der Waals surface area contributed by atoms with Crippen molar-refractivity contribution in [1.82, 2.24) is 5.32 Å². The van der Waals surface area contributed by atoms with Crippen LogP contribution in [-0.2, 0) is 0 Å². The number of nitrogens with one attached hydrogen (secondary N) is 1. The summed E-state index contributed by atoms with van der Waals surface area (Å²) < 4.78 is 1.15. The zero-order chi connectivity index (χ0) is 13.7. The molecule has 0 amide bonds. The second kappa shape index (κ2) is 7.27. The number of aliphatic hydroxyl groups is 1. The molecule has 0 aromatic heterocycles. The third-order valence-electron chi connectivity index (χ3n) is 3.20. The van der Waals surface area contributed by atoms with E-state index >= 15 is 0 Å². The van der Waals surface area contributed by atoms with E-state index in [0.717, 1.165) is 17.4 Å². The van der Waals surface area contributed by atoms with Gasteiger partial charge in [0.05, 0.1) is 6.10 Å². The molecule has 102 valence electrons. The summed E-state index contributed by atoms with van der Waals surface area (Å²) in [6, 6.07) is 6.80. The van der Waals surface area contributed by atoms with Crippen LogP contribution in [-0.4, -0.2) is 17.8 Å². The average molecular weight is 314 g/mol. The highest BCUT2D eigenvalue weighted by molar-refractivity contribution is 9.10. The van der Waals surface area contributed by atoms with Crippen molar-refractivity contribution in [1.29, 1.82) is 0 Å². The quantitative estimate of drug-likeness (QED) is 0.837. The van der Waals surface area contributed by atoms with Crippen LogP contribution in [0, 0.1) is 12.8 Å². The van der Waals surface area contributed by atoms with Gasteiger partial charge in [-0.25, -0.2) is 0 Å². The van der Waals surface area contributed by atoms with Crippen molar-refractivity contribution in [3.8, 4) is 0 Å². The first-order valence-corrected chi connectivity index (χ1v) is 7.37. The van der Waals surface area contributed by atoms with Gasteiger partial charge < -0.3 is 10.4 Å². The van der Waals surface area contributed by atoms with Gasteiger partial charge in [0.1, 0.15) is 0 Å². The summed E-state index contributed by atoms with van der Waals surface area (Å²) >= 11 is 3.52. The Morgan fingerprint density at radius 3 is 2.50 bits per heavy atom. The van der Waals surface area contributed by atoms with Crippen molar-refractivity contribution in [2.45, 2.75) is 46.3 Å². The normalized spacial score (nSPS) is 16.3. The average Bonchev–Trinajstić information content (AvgIpc) is 2.28. The summed E-state index contributed by atoms with van der Waals surface area (Å²) in [6.07, 6.45) is 0.631. The molecule has 1 aromatic carbocycles. The minimum atomic E-state index is -0.216. The smallest absolute Gasteiger partial charge is 0.0515 e. The summed E-state index contributed by atoms with van der Waals surface area (Å²) in [5, 5.41) is 12.9. The lowest BCUT2D eigenvalue weighted by molar-refractivity contribution is 0.162. The summed E-state index contributed by atoms with van der Waals surface area (Å²) in [5.41, 5.74) is 2.57. The predicted octanol–water partition coefficient (Wildman–Crippen LogP) is 3.82. The first-order chi connectivity index (χ1) is 8.40. The Kier molecular flexibility index (Phi) is 6.33. The first kappa shape index (κ1) is 15.7. The number of rotatable bonds is 6. The molecule has 0 fully saturated rings. The molecule has 18 heavy (non-hydrogen) atoms. The molecule has 0 bridgehead atoms. The number of aliphatic hydroxyl groups excluding tert-OH is 1. The molecule has 0 radical (unpaired) electrons. The minimum Gasteiger partial charge on any atom is -0.393 e. The van der Waals surface area contributed by atoms with E-state index in [1.165, 1.54) is 11.1 Å². The number of halogens is 1. The van der Waals surface area contributed by atoms with Crippen molar-refractivity contribution in [3.63, 3.8) is 0 Å². The summed E-state index contributed by atoms with van der Waals surface area (Å²) in [4.78, 5) is 0. The molecule has 3 unspecified atom stereocenters. The van der Waals surface area contributed by atoms with Crippen LogP contribution >= 0.6 is 15.9 Å². The molecule has 0 saturated heterocycles. The SMILES string of the molecule is Cc1cc(C(C)NCC(C)CC(C)O)ccc1Br. The third-order valence-corrected chi connectivity index (χ3v) is 4.09. The Bertz CT molecular complexity index is 379. The van der Waals surface area contributed by atoms with E-state index in [-0.39, 0.29) is 6.10 Å². The Balaban J connectivity index is 2.49. The maximum atomic E-state index is 9.34. The van der Waals surface area contributed by atoms with Crippen LogP contribution in [0.1, 0.15) is 44.4 Å². The zero-order valence-electron chi connectivity index (χ0n) is 11.7. The van der Waals surface area contributed by atoms with Gasteiger partial charge in [-0.15, -0.1) is 0 Å². The largest absolute Gasteiger partial charge is 0.393 e. The van der Waals surface area contributed by atoms with Crippen molar-refractivity contribution in [2.24, 2.45) is 5.92 Å². The second-order valence-electron chi connectivity index (χ2n) is 5.33. The fraction of sp³-hybridized carbons (Fsp3) is 0.600. The summed E-state index contributed by atoms with van der Waals surface area (Å²) in [7, 11) is 0. The van der Waals surface area contributed by atoms with Gasteiger partial charge in [0.15, 0.2) is 0 Å². The van der Waals surface area contributed by atoms with Crippen LogP contribution in [0.3, 0.4) is 0 Å². The number of hydrogen-bond donors (Lipinski definition) is 2. The minimum absolute atomic E-state index is 0.216. The van der Waals surface area contributed by atoms with Crippen LogP contribution in [0.25, 0.3) is 0 Å². The van der Waals surface area contributed by atoms with E-state index < -0.39 is 0 Å². The molecule has 1 aromatic rings. The van der Waals surface area contributed by atoms with Gasteiger partial charge in [-0.2, -0.15) is 0 Å². The van der Waals surface area contributed by atoms with Gasteiger partial charge in [-0.1, -0.05) is 35.0 Å². The Morgan fingerprint density at radius 1 is 1.28 bits per heavy atom. The Labute approximate surface area is 119 Å². The Morgan fingerprint density at radius 2 is 1.94 bits per heavy atom. The first-order valence-electron chi connectivity index (χ1n) is 6.57. The van der Waals surface area contributed by atoms with Gasteiger partial charge in [0.25, 0.3) is 0 Å². The molecule has 0 aliphatic rings. The maximum absolute atomic E-state index is 9.34. The van der Waals surface area contributed by atoms with E-state index in [1.54, 1.807) is 0 Å².